The van der Waals surface area contributed by atoms with Crippen molar-refractivity contribution >= 4 is 28.1 Å². The van der Waals surface area contributed by atoms with Crippen LogP contribution in [0.15, 0.2) is 60.7 Å². The highest BCUT2D eigenvalue weighted by Crippen LogP contribution is 2.23. The highest BCUT2D eigenvalue weighted by molar-refractivity contribution is 5.94. The molecule has 0 radical (unpaired) electrons. The van der Waals surface area contributed by atoms with Gasteiger partial charge in [-0.15, -0.1) is 0 Å². The summed E-state index contributed by atoms with van der Waals surface area (Å²) in [5, 5.41) is 5.35. The van der Waals surface area contributed by atoms with Crippen LogP contribution in [-0.4, -0.2) is 57.3 Å². The van der Waals surface area contributed by atoms with Crippen LogP contribution in [-0.2, 0) is 16.1 Å². The number of ether oxygens (including phenoxy) is 2. The van der Waals surface area contributed by atoms with E-state index >= 15 is 0 Å². The van der Waals surface area contributed by atoms with Crippen LogP contribution < -0.4 is 15.0 Å². The van der Waals surface area contributed by atoms with Crippen LogP contribution in [0.1, 0.15) is 12.5 Å². The first kappa shape index (κ1) is 22.1. The third-order valence-electron chi connectivity index (χ3n) is 6.10. The van der Waals surface area contributed by atoms with Gasteiger partial charge in [0.2, 0.25) is 5.91 Å². The van der Waals surface area contributed by atoms with Crippen LogP contribution in [0.3, 0.4) is 0 Å². The number of benzene rings is 3. The molecule has 32 heavy (non-hydrogen) atoms. The van der Waals surface area contributed by atoms with Crippen LogP contribution in [0.25, 0.3) is 10.8 Å². The van der Waals surface area contributed by atoms with Gasteiger partial charge in [-0.25, -0.2) is 0 Å². The zero-order valence-electron chi connectivity index (χ0n) is 19.0. The molecule has 3 aromatic rings. The Hall–Kier alpha value is -3.09. The maximum Gasteiger partial charge on any atom is 0.241 e. The van der Waals surface area contributed by atoms with Crippen molar-refractivity contribution in [2.24, 2.45) is 0 Å². The SMILES string of the molecule is COc1ccc2cc(CN(C)C(C)C(=O)Nc3ccc(N4CCOCC4)cc3)ccc2c1. The van der Waals surface area contributed by atoms with Gasteiger partial charge in [-0.2, -0.15) is 0 Å². The molecule has 0 aliphatic carbocycles. The Labute approximate surface area is 189 Å². The summed E-state index contributed by atoms with van der Waals surface area (Å²) in [5.41, 5.74) is 3.14. The van der Waals surface area contributed by atoms with E-state index < -0.39 is 0 Å². The second-order valence-electron chi connectivity index (χ2n) is 8.27. The van der Waals surface area contributed by atoms with Crippen molar-refractivity contribution in [3.05, 3.63) is 66.2 Å². The smallest absolute Gasteiger partial charge is 0.241 e. The maximum absolute atomic E-state index is 12.8. The molecule has 0 saturated carbocycles. The standard InChI is InChI=1S/C26H31N3O3/c1-19(26(30)27-23-7-9-24(10-8-23)29-12-14-32-15-13-29)28(2)18-20-4-5-22-17-25(31-3)11-6-21(22)16-20/h4-11,16-17,19H,12-15,18H2,1-3H3,(H,27,30). The van der Waals surface area contributed by atoms with E-state index in [2.05, 4.69) is 51.5 Å². The molecule has 4 rings (SSSR count). The number of hydrogen-bond acceptors (Lipinski definition) is 5. The zero-order chi connectivity index (χ0) is 22.5. The first-order valence-corrected chi connectivity index (χ1v) is 11.0. The summed E-state index contributed by atoms with van der Waals surface area (Å²) >= 11 is 0. The second-order valence-corrected chi connectivity index (χ2v) is 8.27. The van der Waals surface area contributed by atoms with E-state index in [0.29, 0.717) is 6.54 Å². The molecule has 1 heterocycles. The number of morpholine rings is 1. The Balaban J connectivity index is 1.35. The lowest BCUT2D eigenvalue weighted by molar-refractivity contribution is -0.120. The summed E-state index contributed by atoms with van der Waals surface area (Å²) in [6, 6.07) is 20.2. The average molecular weight is 434 g/mol. The third-order valence-corrected chi connectivity index (χ3v) is 6.10. The van der Waals surface area contributed by atoms with E-state index in [1.54, 1.807) is 7.11 Å². The number of fused-ring (bicyclic) bond motifs is 1. The van der Waals surface area contributed by atoms with Crippen molar-refractivity contribution in [1.29, 1.82) is 0 Å². The number of carbonyl (C=O) groups is 1. The van der Waals surface area contributed by atoms with Gasteiger partial charge in [-0.3, -0.25) is 9.69 Å². The highest BCUT2D eigenvalue weighted by Gasteiger charge is 2.19. The van der Waals surface area contributed by atoms with E-state index in [-0.39, 0.29) is 11.9 Å². The predicted octanol–water partition coefficient (Wildman–Crippen LogP) is 4.14. The third kappa shape index (κ3) is 5.21. The van der Waals surface area contributed by atoms with Gasteiger partial charge in [0.05, 0.1) is 26.4 Å². The Morgan fingerprint density at radius 1 is 1.06 bits per heavy atom. The molecule has 0 spiro atoms. The first-order valence-electron chi connectivity index (χ1n) is 11.0. The summed E-state index contributed by atoms with van der Waals surface area (Å²) in [5.74, 6) is 0.836. The fourth-order valence-electron chi connectivity index (χ4n) is 3.95. The fourth-order valence-corrected chi connectivity index (χ4v) is 3.95. The molecule has 168 valence electrons. The largest absolute Gasteiger partial charge is 0.497 e. The van der Waals surface area contributed by atoms with Gasteiger partial charge in [0.25, 0.3) is 0 Å². The van der Waals surface area contributed by atoms with E-state index in [0.717, 1.165) is 54.2 Å². The number of likely N-dealkylation sites (N-methyl/N-ethyl adjacent to an activating group) is 1. The second kappa shape index (κ2) is 10.0. The van der Waals surface area contributed by atoms with Crippen molar-refractivity contribution in [2.45, 2.75) is 19.5 Å². The summed E-state index contributed by atoms with van der Waals surface area (Å²) in [7, 11) is 3.65. The van der Waals surface area contributed by atoms with Crippen LogP contribution in [0.5, 0.6) is 5.75 Å². The predicted molar refractivity (Wildman–Crippen MR) is 130 cm³/mol. The Bertz CT molecular complexity index is 1060. The number of nitrogens with zero attached hydrogens (tertiary/aromatic N) is 2. The minimum absolute atomic E-state index is 0.0165. The molecule has 0 bridgehead atoms. The molecule has 6 nitrogen and oxygen atoms in total. The lowest BCUT2D eigenvalue weighted by Crippen LogP contribution is -2.39. The average Bonchev–Trinajstić information content (AvgIpc) is 2.84. The molecule has 1 fully saturated rings. The van der Waals surface area contributed by atoms with E-state index in [1.807, 2.05) is 38.2 Å². The number of anilines is 2. The van der Waals surface area contributed by atoms with E-state index in [1.165, 1.54) is 5.56 Å². The van der Waals surface area contributed by atoms with Gasteiger partial charge >= 0.3 is 0 Å². The van der Waals surface area contributed by atoms with Crippen LogP contribution in [0, 0.1) is 0 Å². The maximum atomic E-state index is 12.8. The molecule has 1 unspecified atom stereocenters. The van der Waals surface area contributed by atoms with Gasteiger partial charge in [-0.1, -0.05) is 18.2 Å². The summed E-state index contributed by atoms with van der Waals surface area (Å²) < 4.78 is 10.7. The molecule has 1 amide bonds. The topological polar surface area (TPSA) is 54.0 Å². The van der Waals surface area contributed by atoms with E-state index in [9.17, 15) is 4.79 Å². The van der Waals surface area contributed by atoms with Gasteiger partial charge in [0, 0.05) is 31.0 Å². The van der Waals surface area contributed by atoms with E-state index in [4.69, 9.17) is 9.47 Å². The van der Waals surface area contributed by atoms with Crippen LogP contribution in [0.4, 0.5) is 11.4 Å². The Kier molecular flexibility index (Phi) is 6.93. The van der Waals surface area contributed by atoms with Crippen LogP contribution in [0.2, 0.25) is 0 Å². The first-order chi connectivity index (χ1) is 15.5. The van der Waals surface area contributed by atoms with Gasteiger partial charge in [-0.05, 0) is 72.8 Å². The van der Waals surface area contributed by atoms with Crippen molar-refractivity contribution in [1.82, 2.24) is 4.90 Å². The normalized spacial score (nSPS) is 15.1. The number of hydrogen-bond donors (Lipinski definition) is 1. The molecule has 3 aromatic carbocycles. The number of rotatable bonds is 7. The Morgan fingerprint density at radius 2 is 1.75 bits per heavy atom. The fraction of sp³-hybridized carbons (Fsp3) is 0.346. The molecule has 1 atom stereocenters. The molecule has 1 N–H and O–H groups in total. The summed E-state index contributed by atoms with van der Waals surface area (Å²) in [6.07, 6.45) is 0. The minimum Gasteiger partial charge on any atom is -0.497 e. The van der Waals surface area contributed by atoms with Gasteiger partial charge < -0.3 is 19.7 Å². The molecule has 1 aliphatic rings. The van der Waals surface area contributed by atoms with Gasteiger partial charge in [0.15, 0.2) is 0 Å². The summed E-state index contributed by atoms with van der Waals surface area (Å²) in [4.78, 5) is 17.2. The lowest BCUT2D eigenvalue weighted by Gasteiger charge is -2.29. The zero-order valence-corrected chi connectivity index (χ0v) is 19.0. The van der Waals surface area contributed by atoms with Crippen molar-refractivity contribution in [3.8, 4) is 5.75 Å². The van der Waals surface area contributed by atoms with Crippen molar-refractivity contribution in [2.75, 3.05) is 50.7 Å². The van der Waals surface area contributed by atoms with Crippen molar-refractivity contribution in [3.63, 3.8) is 0 Å². The monoisotopic (exact) mass is 433 g/mol. The summed E-state index contributed by atoms with van der Waals surface area (Å²) in [6.45, 7) is 5.93. The number of amides is 1. The molecular formula is C26H31N3O3. The molecule has 1 saturated heterocycles. The van der Waals surface area contributed by atoms with Crippen molar-refractivity contribution < 1.29 is 14.3 Å². The quantitative estimate of drug-likeness (QED) is 0.607. The molecular weight excluding hydrogens is 402 g/mol. The van der Waals surface area contributed by atoms with Crippen LogP contribution >= 0.6 is 0 Å². The molecule has 6 heteroatoms. The number of carbonyl (C=O) groups excluding carboxylic acids is 1. The Morgan fingerprint density at radius 3 is 2.47 bits per heavy atom. The lowest BCUT2D eigenvalue weighted by atomic mass is 10.1. The van der Waals surface area contributed by atoms with Gasteiger partial charge in [0.1, 0.15) is 5.75 Å². The molecule has 1 aliphatic heterocycles. The minimum atomic E-state index is -0.263. The number of nitrogens with one attached hydrogen (secondary N) is 1. The molecule has 0 aromatic heterocycles. The highest BCUT2D eigenvalue weighted by atomic mass is 16.5. The number of methoxy groups -OCH3 is 1.